The third-order valence-electron chi connectivity index (χ3n) is 1.98. The highest BCUT2D eigenvalue weighted by atomic mass is 32.2. The minimum Gasteiger partial charge on any atom is -0.326 e. The maximum atomic E-state index is 11.3. The Kier molecular flexibility index (Phi) is 3.66. The Bertz CT molecular complexity index is 181. The first-order valence-corrected chi connectivity index (χ1v) is 5.39. The van der Waals surface area contributed by atoms with Crippen LogP contribution in [0.2, 0.25) is 0 Å². The molecular formula is C9H15NOS. The normalized spacial score (nSPS) is 22.8. The Morgan fingerprint density at radius 1 is 1.83 bits per heavy atom. The highest BCUT2D eigenvalue weighted by Gasteiger charge is 2.26. The molecular weight excluding hydrogens is 170 g/mol. The summed E-state index contributed by atoms with van der Waals surface area (Å²) >= 11 is 1.88. The molecule has 1 heterocycles. The molecule has 1 aliphatic rings. The van der Waals surface area contributed by atoms with Crippen molar-refractivity contribution in [3.05, 3.63) is 12.7 Å². The zero-order valence-corrected chi connectivity index (χ0v) is 8.27. The van der Waals surface area contributed by atoms with Crippen molar-refractivity contribution in [2.75, 3.05) is 12.3 Å². The average Bonchev–Trinajstić information content (AvgIpc) is 2.52. The molecule has 1 aliphatic heterocycles. The molecule has 1 fully saturated rings. The molecule has 1 amide bonds. The van der Waals surface area contributed by atoms with Crippen LogP contribution in [0.25, 0.3) is 0 Å². The molecule has 0 aliphatic carbocycles. The van der Waals surface area contributed by atoms with E-state index in [2.05, 4.69) is 13.5 Å². The Labute approximate surface area is 78.0 Å². The monoisotopic (exact) mass is 185 g/mol. The number of carbonyl (C=O) groups excluding carboxylic acids is 1. The van der Waals surface area contributed by atoms with Gasteiger partial charge in [0.15, 0.2) is 0 Å². The van der Waals surface area contributed by atoms with Gasteiger partial charge in [-0.05, 0) is 12.5 Å². The minimum atomic E-state index is 0.0819. The first kappa shape index (κ1) is 9.65. The molecule has 0 aromatic carbocycles. The van der Waals surface area contributed by atoms with Gasteiger partial charge in [0.2, 0.25) is 5.91 Å². The largest absolute Gasteiger partial charge is 0.326 e. The van der Waals surface area contributed by atoms with E-state index >= 15 is 0 Å². The smallest absolute Gasteiger partial charge is 0.246 e. The fourth-order valence-corrected chi connectivity index (χ4v) is 2.74. The summed E-state index contributed by atoms with van der Waals surface area (Å²) in [6.07, 6.45) is 3.65. The number of nitrogens with zero attached hydrogens (tertiary/aromatic N) is 1. The summed E-state index contributed by atoms with van der Waals surface area (Å²) in [4.78, 5) is 13.2. The second kappa shape index (κ2) is 4.55. The van der Waals surface area contributed by atoms with Gasteiger partial charge in [-0.15, -0.1) is 11.8 Å². The van der Waals surface area contributed by atoms with Crippen LogP contribution in [0.15, 0.2) is 12.7 Å². The van der Waals surface area contributed by atoms with Crippen LogP contribution in [0.5, 0.6) is 0 Å². The zero-order chi connectivity index (χ0) is 8.97. The van der Waals surface area contributed by atoms with E-state index in [1.54, 1.807) is 0 Å². The van der Waals surface area contributed by atoms with Crippen molar-refractivity contribution in [1.29, 1.82) is 0 Å². The maximum absolute atomic E-state index is 11.3. The lowest BCUT2D eigenvalue weighted by molar-refractivity contribution is -0.126. The predicted molar refractivity (Wildman–Crippen MR) is 53.1 cm³/mol. The van der Waals surface area contributed by atoms with Gasteiger partial charge in [0.05, 0.1) is 5.37 Å². The van der Waals surface area contributed by atoms with Gasteiger partial charge in [0, 0.05) is 12.3 Å². The number of carbonyl (C=O) groups is 1. The molecule has 0 spiro atoms. The molecule has 1 atom stereocenters. The summed E-state index contributed by atoms with van der Waals surface area (Å²) in [7, 11) is 0. The van der Waals surface area contributed by atoms with Crippen LogP contribution >= 0.6 is 11.8 Å². The fraction of sp³-hybridized carbons (Fsp3) is 0.667. The van der Waals surface area contributed by atoms with E-state index in [4.69, 9.17) is 0 Å². The van der Waals surface area contributed by atoms with Crippen molar-refractivity contribution < 1.29 is 4.79 Å². The highest BCUT2D eigenvalue weighted by Crippen LogP contribution is 2.27. The molecule has 0 N–H and O–H groups in total. The van der Waals surface area contributed by atoms with Crippen molar-refractivity contribution >= 4 is 17.7 Å². The first-order valence-electron chi connectivity index (χ1n) is 4.34. The standard InChI is InChI=1S/C9H15NOS/c1-3-5-9-10(6-7-12-9)8(11)4-2/h4,9H,2-3,5-7H2,1H3. The van der Waals surface area contributed by atoms with Gasteiger partial charge in [-0.1, -0.05) is 19.9 Å². The third kappa shape index (κ3) is 2.03. The van der Waals surface area contributed by atoms with Crippen molar-refractivity contribution in [2.24, 2.45) is 0 Å². The topological polar surface area (TPSA) is 20.3 Å². The Morgan fingerprint density at radius 3 is 3.17 bits per heavy atom. The summed E-state index contributed by atoms with van der Waals surface area (Å²) < 4.78 is 0. The quantitative estimate of drug-likeness (QED) is 0.626. The number of hydrogen-bond acceptors (Lipinski definition) is 2. The second-order valence-corrected chi connectivity index (χ2v) is 4.14. The number of thioether (sulfide) groups is 1. The van der Waals surface area contributed by atoms with Crippen LogP contribution in [-0.4, -0.2) is 28.5 Å². The van der Waals surface area contributed by atoms with Crippen LogP contribution in [0, 0.1) is 0 Å². The second-order valence-electron chi connectivity index (χ2n) is 2.85. The Morgan fingerprint density at radius 2 is 2.58 bits per heavy atom. The number of hydrogen-bond donors (Lipinski definition) is 0. The van der Waals surface area contributed by atoms with Crippen LogP contribution in [-0.2, 0) is 4.79 Å². The van der Waals surface area contributed by atoms with E-state index in [0.29, 0.717) is 5.37 Å². The van der Waals surface area contributed by atoms with Crippen LogP contribution in [0.4, 0.5) is 0 Å². The number of amides is 1. The lowest BCUT2D eigenvalue weighted by atomic mass is 10.3. The highest BCUT2D eigenvalue weighted by molar-refractivity contribution is 8.00. The summed E-state index contributed by atoms with van der Waals surface area (Å²) in [5, 5.41) is 0.403. The molecule has 3 heteroatoms. The Balaban J connectivity index is 2.51. The summed E-state index contributed by atoms with van der Waals surface area (Å²) in [5.41, 5.74) is 0. The molecule has 0 aromatic heterocycles. The third-order valence-corrected chi connectivity index (χ3v) is 3.28. The molecule has 1 unspecified atom stereocenters. The molecule has 0 aromatic rings. The molecule has 12 heavy (non-hydrogen) atoms. The molecule has 0 bridgehead atoms. The molecule has 1 rings (SSSR count). The van der Waals surface area contributed by atoms with Gasteiger partial charge in [0.1, 0.15) is 0 Å². The Hall–Kier alpha value is -0.440. The van der Waals surface area contributed by atoms with E-state index in [1.807, 2.05) is 16.7 Å². The predicted octanol–water partition coefficient (Wildman–Crippen LogP) is 1.87. The summed E-state index contributed by atoms with van der Waals surface area (Å²) in [6, 6.07) is 0. The number of rotatable bonds is 3. The van der Waals surface area contributed by atoms with Crippen LogP contribution in [0.3, 0.4) is 0 Å². The van der Waals surface area contributed by atoms with E-state index in [9.17, 15) is 4.79 Å². The van der Waals surface area contributed by atoms with Gasteiger partial charge in [0.25, 0.3) is 0 Å². The van der Waals surface area contributed by atoms with Crippen molar-refractivity contribution in [1.82, 2.24) is 4.90 Å². The van der Waals surface area contributed by atoms with Gasteiger partial charge < -0.3 is 4.90 Å². The van der Waals surface area contributed by atoms with Crippen LogP contribution in [0.1, 0.15) is 19.8 Å². The maximum Gasteiger partial charge on any atom is 0.246 e. The fourth-order valence-electron chi connectivity index (χ4n) is 1.38. The van der Waals surface area contributed by atoms with Gasteiger partial charge in [-0.2, -0.15) is 0 Å². The van der Waals surface area contributed by atoms with Crippen molar-refractivity contribution in [3.8, 4) is 0 Å². The molecule has 68 valence electrons. The molecule has 0 saturated carbocycles. The molecule has 1 saturated heterocycles. The summed E-state index contributed by atoms with van der Waals surface area (Å²) in [5.74, 6) is 1.16. The van der Waals surface area contributed by atoms with E-state index < -0.39 is 0 Å². The van der Waals surface area contributed by atoms with Gasteiger partial charge >= 0.3 is 0 Å². The SMILES string of the molecule is C=CC(=O)N1CCSC1CCC. The van der Waals surface area contributed by atoms with Crippen LogP contribution < -0.4 is 0 Å². The van der Waals surface area contributed by atoms with E-state index in [1.165, 1.54) is 6.08 Å². The summed E-state index contributed by atoms with van der Waals surface area (Å²) in [6.45, 7) is 6.54. The van der Waals surface area contributed by atoms with Gasteiger partial charge in [-0.3, -0.25) is 4.79 Å². The first-order chi connectivity index (χ1) is 5.79. The average molecular weight is 185 g/mol. The van der Waals surface area contributed by atoms with Gasteiger partial charge in [-0.25, -0.2) is 0 Å². The van der Waals surface area contributed by atoms with Crippen molar-refractivity contribution in [2.45, 2.75) is 25.1 Å². The van der Waals surface area contributed by atoms with E-state index in [-0.39, 0.29) is 5.91 Å². The lowest BCUT2D eigenvalue weighted by Crippen LogP contribution is -2.33. The van der Waals surface area contributed by atoms with E-state index in [0.717, 1.165) is 25.1 Å². The van der Waals surface area contributed by atoms with Crippen molar-refractivity contribution in [3.63, 3.8) is 0 Å². The zero-order valence-electron chi connectivity index (χ0n) is 7.45. The lowest BCUT2D eigenvalue weighted by Gasteiger charge is -2.21. The minimum absolute atomic E-state index is 0.0819. The molecule has 2 nitrogen and oxygen atoms in total. The molecule has 0 radical (unpaired) electrons.